The number of aliphatic hydroxyl groups is 1. The number of hydroxylamine groups is 2. The van der Waals surface area contributed by atoms with E-state index in [1.54, 1.807) is 45.0 Å². The molecule has 5 aliphatic rings. The highest BCUT2D eigenvalue weighted by Gasteiger charge is 2.77. The van der Waals surface area contributed by atoms with Crippen LogP contribution in [0.3, 0.4) is 0 Å². The molecular formula is C48H52F3N3O12. The number of carbonyl (C=O) groups is 5. The van der Waals surface area contributed by atoms with Crippen molar-refractivity contribution in [2.75, 3.05) is 19.8 Å². The van der Waals surface area contributed by atoms with Gasteiger partial charge in [-0.05, 0) is 57.2 Å². The molecule has 0 radical (unpaired) electrons. The van der Waals surface area contributed by atoms with Gasteiger partial charge in [0.1, 0.15) is 41.5 Å². The van der Waals surface area contributed by atoms with Crippen molar-refractivity contribution in [3.63, 3.8) is 0 Å². The van der Waals surface area contributed by atoms with Gasteiger partial charge in [-0.3, -0.25) is 24.0 Å². The number of nitrogens with zero attached hydrogens (tertiary/aromatic N) is 2. The van der Waals surface area contributed by atoms with Crippen LogP contribution in [0.5, 0.6) is 0 Å². The molecule has 15 nitrogen and oxygen atoms in total. The Morgan fingerprint density at radius 2 is 1.64 bits per heavy atom. The Hall–Kier alpha value is -5.66. The van der Waals surface area contributed by atoms with Crippen LogP contribution in [0.1, 0.15) is 75.1 Å². The molecule has 3 aromatic rings. The van der Waals surface area contributed by atoms with Gasteiger partial charge in [0.15, 0.2) is 12.6 Å². The number of fused-ring (bicyclic) bond motifs is 4. The SMILES string of the molecule is CC(C)(C)OC(=O)CCC(CO)NC(=O)C1CCCN1C(=O)C12CC3OC(=O)C1N(Cc1cccc(C=CC(=O)OCC(F)(F)F)c1)OC2C1OC(c2ccccc2)(c2ccccc2)OC31. The second-order valence-corrected chi connectivity index (χ2v) is 18.2. The summed E-state index contributed by atoms with van der Waals surface area (Å²) in [5, 5.41) is 14.4. The van der Waals surface area contributed by atoms with Crippen molar-refractivity contribution in [3.8, 4) is 0 Å². The number of esters is 3. The molecule has 2 amide bonds. The molecule has 0 spiro atoms. The molecule has 8 rings (SSSR count). The van der Waals surface area contributed by atoms with Gasteiger partial charge < -0.3 is 39.0 Å². The largest absolute Gasteiger partial charge is 0.460 e. The summed E-state index contributed by atoms with van der Waals surface area (Å²) >= 11 is 0. The summed E-state index contributed by atoms with van der Waals surface area (Å²) in [5.41, 5.74) is -0.139. The van der Waals surface area contributed by atoms with Gasteiger partial charge in [-0.25, -0.2) is 4.79 Å². The van der Waals surface area contributed by atoms with Crippen LogP contribution in [0.15, 0.2) is 91.0 Å². The normalized spacial score (nSPS) is 27.3. The van der Waals surface area contributed by atoms with Gasteiger partial charge in [0.25, 0.3) is 0 Å². The molecule has 3 aromatic carbocycles. The maximum atomic E-state index is 15.7. The Morgan fingerprint density at radius 3 is 2.29 bits per heavy atom. The van der Waals surface area contributed by atoms with Crippen LogP contribution in [-0.4, -0.2) is 119 Å². The summed E-state index contributed by atoms with van der Waals surface area (Å²) in [6, 6.07) is 21.9. The van der Waals surface area contributed by atoms with Crippen molar-refractivity contribution < 1.29 is 70.8 Å². The summed E-state index contributed by atoms with van der Waals surface area (Å²) in [4.78, 5) is 77.1. The monoisotopic (exact) mass is 919 g/mol. The third kappa shape index (κ3) is 9.47. The van der Waals surface area contributed by atoms with Crippen LogP contribution in [-0.2, 0) is 64.8 Å². The van der Waals surface area contributed by atoms with E-state index in [1.165, 1.54) is 16.0 Å². The first-order valence-corrected chi connectivity index (χ1v) is 22.0. The lowest BCUT2D eigenvalue weighted by atomic mass is 9.62. The number of rotatable bonds is 14. The predicted molar refractivity (Wildman–Crippen MR) is 226 cm³/mol. The Kier molecular flexibility index (Phi) is 13.2. The second kappa shape index (κ2) is 18.6. The molecule has 8 atom stereocenters. The molecule has 4 aliphatic heterocycles. The van der Waals surface area contributed by atoms with Crippen LogP contribution in [0.25, 0.3) is 6.08 Å². The number of halogens is 3. The number of likely N-dealkylation sites (tertiary alicyclic amines) is 1. The van der Waals surface area contributed by atoms with E-state index < -0.39 is 108 Å². The quantitative estimate of drug-likeness (QED) is 0.127. The predicted octanol–water partition coefficient (Wildman–Crippen LogP) is 4.88. The molecule has 4 saturated heterocycles. The van der Waals surface area contributed by atoms with E-state index in [0.29, 0.717) is 28.7 Å². The number of ether oxygens (including phenoxy) is 5. The molecule has 5 fully saturated rings. The zero-order valence-corrected chi connectivity index (χ0v) is 36.6. The Labute approximate surface area is 379 Å². The number of hydrogen-bond donors (Lipinski definition) is 2. The first-order valence-electron chi connectivity index (χ1n) is 22.0. The molecule has 18 heteroatoms. The van der Waals surface area contributed by atoms with Crippen molar-refractivity contribution in [1.82, 2.24) is 15.3 Å². The van der Waals surface area contributed by atoms with E-state index in [-0.39, 0.29) is 38.8 Å². The second-order valence-electron chi connectivity index (χ2n) is 18.2. The maximum absolute atomic E-state index is 15.7. The van der Waals surface area contributed by atoms with E-state index in [2.05, 4.69) is 10.1 Å². The molecule has 2 N–H and O–H groups in total. The molecule has 4 heterocycles. The van der Waals surface area contributed by atoms with Crippen LogP contribution < -0.4 is 5.32 Å². The Morgan fingerprint density at radius 1 is 0.955 bits per heavy atom. The van der Waals surface area contributed by atoms with Crippen molar-refractivity contribution >= 4 is 35.8 Å². The average molecular weight is 920 g/mol. The van der Waals surface area contributed by atoms with Crippen molar-refractivity contribution in [2.24, 2.45) is 5.41 Å². The summed E-state index contributed by atoms with van der Waals surface area (Å²) in [5.74, 6) is -5.02. The topological polar surface area (TPSA) is 179 Å². The summed E-state index contributed by atoms with van der Waals surface area (Å²) in [7, 11) is 0. The number of benzene rings is 3. The number of aliphatic hydroxyl groups excluding tert-OH is 1. The summed E-state index contributed by atoms with van der Waals surface area (Å²) in [6.07, 6.45) is -5.88. The van der Waals surface area contributed by atoms with E-state index in [9.17, 15) is 37.5 Å². The smallest absolute Gasteiger partial charge is 0.422 e. The van der Waals surface area contributed by atoms with Crippen LogP contribution >= 0.6 is 0 Å². The lowest BCUT2D eigenvalue weighted by Gasteiger charge is -2.50. The third-order valence-corrected chi connectivity index (χ3v) is 12.4. The van der Waals surface area contributed by atoms with Crippen molar-refractivity contribution in [2.45, 2.75) is 120 Å². The minimum Gasteiger partial charge on any atom is -0.460 e. The van der Waals surface area contributed by atoms with Gasteiger partial charge in [0, 0.05) is 36.6 Å². The first kappa shape index (κ1) is 46.9. The third-order valence-electron chi connectivity index (χ3n) is 12.4. The number of hydrogen-bond acceptors (Lipinski definition) is 13. The summed E-state index contributed by atoms with van der Waals surface area (Å²) < 4.78 is 67.8. The number of amides is 2. The van der Waals surface area contributed by atoms with Gasteiger partial charge in [-0.1, -0.05) is 84.9 Å². The average Bonchev–Trinajstić information content (AvgIpc) is 4.03. The number of nitrogens with one attached hydrogen (secondary N) is 1. The maximum Gasteiger partial charge on any atom is 0.422 e. The molecule has 0 aromatic heterocycles. The van der Waals surface area contributed by atoms with Crippen molar-refractivity contribution in [1.29, 1.82) is 0 Å². The molecule has 2 bridgehead atoms. The van der Waals surface area contributed by atoms with E-state index >= 15 is 4.79 Å². The van der Waals surface area contributed by atoms with Crippen LogP contribution in [0.2, 0.25) is 0 Å². The lowest BCUT2D eigenvalue weighted by molar-refractivity contribution is -0.214. The molecule has 66 heavy (non-hydrogen) atoms. The van der Waals surface area contributed by atoms with Gasteiger partial charge in [0.2, 0.25) is 17.6 Å². The van der Waals surface area contributed by atoms with Crippen LogP contribution in [0, 0.1) is 5.41 Å². The Balaban J connectivity index is 1.12. The fourth-order valence-corrected chi connectivity index (χ4v) is 9.75. The molecule has 1 aliphatic carbocycles. The first-order chi connectivity index (χ1) is 31.4. The lowest BCUT2D eigenvalue weighted by Crippen LogP contribution is -2.70. The number of alkyl halides is 3. The minimum absolute atomic E-state index is 0.0452. The number of carbonyl (C=O) groups excluding carboxylic acids is 5. The van der Waals surface area contributed by atoms with E-state index in [4.69, 9.17) is 23.8 Å². The van der Waals surface area contributed by atoms with Gasteiger partial charge in [-0.15, -0.1) is 0 Å². The standard InChI is InChI=1S/C48H52F3N3O12/c1-45(2,3)63-37(57)22-20-33(27-55)52-42(58)34-18-11-23-53(34)44(60)46-25-35-38-39(65-48(64-38,31-14-6-4-7-15-31)32-16-8-5-9-17-32)41(46)66-54(40(46)43(59)62-35)26-30-13-10-12-29(24-30)19-21-36(56)61-28-47(49,50)51/h4-10,12-17,19,21,24,33-35,38-41,55H,11,18,20,22-23,25-28H2,1-3H3,(H,52,58). The fraction of sp³-hybridized carbons (Fsp3) is 0.479. The molecule has 1 saturated carbocycles. The van der Waals surface area contributed by atoms with E-state index in [1.807, 2.05) is 60.7 Å². The zero-order chi connectivity index (χ0) is 47.0. The highest BCUT2D eigenvalue weighted by molar-refractivity contribution is 5.96. The molecule has 352 valence electrons. The minimum atomic E-state index is -4.69. The zero-order valence-electron chi connectivity index (χ0n) is 36.6. The van der Waals surface area contributed by atoms with E-state index in [0.717, 1.165) is 6.08 Å². The summed E-state index contributed by atoms with van der Waals surface area (Å²) in [6.45, 7) is 3.08. The molecule has 8 unspecified atom stereocenters. The van der Waals surface area contributed by atoms with Gasteiger partial charge >= 0.3 is 24.1 Å². The molecular weight excluding hydrogens is 868 g/mol. The highest BCUT2D eigenvalue weighted by atomic mass is 19.4. The van der Waals surface area contributed by atoms with Gasteiger partial charge in [-0.2, -0.15) is 18.2 Å². The highest BCUT2D eigenvalue weighted by Crippen LogP contribution is 2.60. The van der Waals surface area contributed by atoms with Crippen LogP contribution in [0.4, 0.5) is 13.2 Å². The fourth-order valence-electron chi connectivity index (χ4n) is 9.75. The van der Waals surface area contributed by atoms with Crippen molar-refractivity contribution in [3.05, 3.63) is 113 Å². The van der Waals surface area contributed by atoms with Gasteiger partial charge in [0.05, 0.1) is 19.2 Å². The Bertz CT molecular complexity index is 2290.